The van der Waals surface area contributed by atoms with Crippen LogP contribution in [-0.4, -0.2) is 30.6 Å². The topological polar surface area (TPSA) is 55.7 Å². The van der Waals surface area contributed by atoms with Gasteiger partial charge in [0.1, 0.15) is 11.8 Å². The Kier molecular flexibility index (Phi) is 20.4. The van der Waals surface area contributed by atoms with Gasteiger partial charge in [-0.3, -0.25) is 9.79 Å². The predicted octanol–water partition coefficient (Wildman–Crippen LogP) is 8.89. The van der Waals surface area contributed by atoms with Gasteiger partial charge in [-0.1, -0.05) is 105 Å². The summed E-state index contributed by atoms with van der Waals surface area (Å²) in [6, 6.07) is -0.476. The van der Waals surface area contributed by atoms with Crippen molar-refractivity contribution < 1.29 is 14.3 Å². The first-order chi connectivity index (χ1) is 16.3. The van der Waals surface area contributed by atoms with Crippen molar-refractivity contribution >= 4 is 18.0 Å². The van der Waals surface area contributed by atoms with Crippen molar-refractivity contribution in [3.05, 3.63) is 0 Å². The van der Waals surface area contributed by atoms with E-state index in [4.69, 9.17) is 4.74 Å². The molecule has 0 aliphatic rings. The fourth-order valence-electron chi connectivity index (χ4n) is 4.16. The van der Waals surface area contributed by atoms with Crippen molar-refractivity contribution in [3.63, 3.8) is 0 Å². The van der Waals surface area contributed by atoms with Gasteiger partial charge in [-0.25, -0.2) is 4.79 Å². The van der Waals surface area contributed by atoms with Crippen molar-refractivity contribution in [3.8, 4) is 0 Å². The predicted molar refractivity (Wildman–Crippen MR) is 147 cm³/mol. The third-order valence-electron chi connectivity index (χ3n) is 6.83. The highest BCUT2D eigenvalue weighted by Gasteiger charge is 2.19. The number of hydrogen-bond donors (Lipinski definition) is 0. The molecule has 4 nitrogen and oxygen atoms in total. The van der Waals surface area contributed by atoms with Gasteiger partial charge < -0.3 is 4.74 Å². The van der Waals surface area contributed by atoms with Crippen LogP contribution in [-0.2, 0) is 14.3 Å². The van der Waals surface area contributed by atoms with Gasteiger partial charge >= 0.3 is 5.97 Å². The van der Waals surface area contributed by atoms with E-state index in [2.05, 4.69) is 39.6 Å². The molecule has 4 heteroatoms. The second kappa shape index (κ2) is 21.1. The molecule has 200 valence electrons. The zero-order valence-corrected chi connectivity index (χ0v) is 23.6. The molecule has 0 aliphatic heterocycles. The van der Waals surface area contributed by atoms with Crippen LogP contribution in [0.1, 0.15) is 151 Å². The molecule has 0 aliphatic carbocycles. The van der Waals surface area contributed by atoms with Gasteiger partial charge in [0.15, 0.2) is 0 Å². The molecule has 2 atom stereocenters. The minimum absolute atomic E-state index is 0.125. The van der Waals surface area contributed by atoms with Crippen LogP contribution in [0.2, 0.25) is 0 Å². The fourth-order valence-corrected chi connectivity index (χ4v) is 4.16. The lowest BCUT2D eigenvalue weighted by atomic mass is 9.88. The molecule has 0 rings (SSSR count). The average Bonchev–Trinajstić information content (AvgIpc) is 2.81. The van der Waals surface area contributed by atoms with Crippen LogP contribution in [0.25, 0.3) is 0 Å². The molecular formula is C30H57NO3. The molecule has 0 amide bonds. The van der Waals surface area contributed by atoms with Crippen molar-refractivity contribution in [1.29, 1.82) is 0 Å². The summed E-state index contributed by atoms with van der Waals surface area (Å²) in [5, 5.41) is 0. The summed E-state index contributed by atoms with van der Waals surface area (Å²) in [5.74, 6) is 0.601. The summed E-state index contributed by atoms with van der Waals surface area (Å²) in [4.78, 5) is 29.0. The highest BCUT2D eigenvalue weighted by atomic mass is 16.5. The number of ether oxygens (including phenoxy) is 1. The Bertz CT molecular complexity index is 541. The second-order valence-corrected chi connectivity index (χ2v) is 11.0. The maximum Gasteiger partial charge on any atom is 0.330 e. The lowest BCUT2D eigenvalue weighted by Crippen LogP contribution is -2.23. The molecule has 0 aromatic carbocycles. The minimum Gasteiger partial charge on any atom is -0.464 e. The van der Waals surface area contributed by atoms with Crippen molar-refractivity contribution in [1.82, 2.24) is 0 Å². The maximum absolute atomic E-state index is 12.3. The van der Waals surface area contributed by atoms with E-state index in [0.29, 0.717) is 24.7 Å². The quantitative estimate of drug-likeness (QED) is 0.0835. The van der Waals surface area contributed by atoms with Gasteiger partial charge in [-0.15, -0.1) is 0 Å². The molecule has 0 fully saturated rings. The summed E-state index contributed by atoms with van der Waals surface area (Å²) in [5.41, 5.74) is -0.125. The van der Waals surface area contributed by atoms with E-state index in [1.54, 1.807) is 6.92 Å². The summed E-state index contributed by atoms with van der Waals surface area (Å²) < 4.78 is 5.52. The summed E-state index contributed by atoms with van der Waals surface area (Å²) in [7, 11) is 0. The Morgan fingerprint density at radius 3 is 1.97 bits per heavy atom. The molecule has 0 heterocycles. The zero-order chi connectivity index (χ0) is 25.7. The van der Waals surface area contributed by atoms with Crippen LogP contribution in [0, 0.1) is 11.3 Å². The third-order valence-corrected chi connectivity index (χ3v) is 6.83. The van der Waals surface area contributed by atoms with E-state index in [0.717, 1.165) is 38.5 Å². The van der Waals surface area contributed by atoms with E-state index in [1.165, 1.54) is 64.2 Å². The lowest BCUT2D eigenvalue weighted by Gasteiger charge is -2.20. The molecule has 0 spiro atoms. The number of hydrogen-bond acceptors (Lipinski definition) is 4. The van der Waals surface area contributed by atoms with Gasteiger partial charge in [0.05, 0.1) is 6.61 Å². The van der Waals surface area contributed by atoms with Gasteiger partial charge in [0.2, 0.25) is 0 Å². The van der Waals surface area contributed by atoms with Gasteiger partial charge in [-0.2, -0.15) is 0 Å². The number of Topliss-reactive ketones (excluding diaryl/α,β-unsaturated/α-hetero) is 1. The molecule has 0 saturated heterocycles. The standard InChI is InChI=1S/C30H57NO3/c1-7-10-12-13-14-15-16-17-18-21-28(32)22-19-23-30(5,6)25-31-26(4)29(33)34-24-27(9-3)20-11-8-2/h25-27H,7-24H2,1-6H3/t26-,27?/m0/s1. The number of ketones is 1. The van der Waals surface area contributed by atoms with Crippen LogP contribution < -0.4 is 0 Å². The van der Waals surface area contributed by atoms with Crippen molar-refractivity contribution in [2.24, 2.45) is 16.3 Å². The molecule has 0 N–H and O–H groups in total. The Morgan fingerprint density at radius 1 is 0.824 bits per heavy atom. The highest BCUT2D eigenvalue weighted by molar-refractivity contribution is 5.79. The van der Waals surface area contributed by atoms with Crippen LogP contribution in [0.15, 0.2) is 4.99 Å². The number of carbonyl (C=O) groups is 2. The maximum atomic E-state index is 12.3. The first-order valence-corrected chi connectivity index (χ1v) is 14.5. The van der Waals surface area contributed by atoms with E-state index < -0.39 is 6.04 Å². The fraction of sp³-hybridized carbons (Fsp3) is 0.900. The monoisotopic (exact) mass is 479 g/mol. The summed E-state index contributed by atoms with van der Waals surface area (Å²) in [6.07, 6.45) is 21.1. The SMILES string of the molecule is CCCCCCCCCCCC(=O)CCCC(C)(C)C=N[C@@H](C)C(=O)OCC(CC)CCCC. The number of aliphatic imine (C=N–C) groups is 1. The van der Waals surface area contributed by atoms with E-state index in [1.807, 2.05) is 6.21 Å². The smallest absolute Gasteiger partial charge is 0.330 e. The first-order valence-electron chi connectivity index (χ1n) is 14.5. The summed E-state index contributed by atoms with van der Waals surface area (Å²) in [6.45, 7) is 13.1. The Hall–Kier alpha value is -1.19. The average molecular weight is 480 g/mol. The summed E-state index contributed by atoms with van der Waals surface area (Å²) >= 11 is 0. The van der Waals surface area contributed by atoms with Crippen LogP contribution in [0.5, 0.6) is 0 Å². The van der Waals surface area contributed by atoms with Crippen LogP contribution in [0.4, 0.5) is 0 Å². The number of nitrogens with zero attached hydrogens (tertiary/aromatic N) is 1. The molecule has 0 bridgehead atoms. The number of unbranched alkanes of at least 4 members (excludes halogenated alkanes) is 9. The van der Waals surface area contributed by atoms with Crippen molar-refractivity contribution in [2.45, 2.75) is 157 Å². The second-order valence-electron chi connectivity index (χ2n) is 11.0. The Balaban J connectivity index is 4.01. The molecule has 0 aromatic heterocycles. The van der Waals surface area contributed by atoms with Crippen LogP contribution >= 0.6 is 0 Å². The number of esters is 1. The number of carbonyl (C=O) groups excluding carboxylic acids is 2. The third kappa shape index (κ3) is 19.2. The van der Waals surface area contributed by atoms with E-state index >= 15 is 0 Å². The van der Waals surface area contributed by atoms with Crippen LogP contribution in [0.3, 0.4) is 0 Å². The lowest BCUT2D eigenvalue weighted by molar-refractivity contribution is -0.146. The first kappa shape index (κ1) is 32.8. The van der Waals surface area contributed by atoms with Gasteiger partial charge in [0, 0.05) is 19.1 Å². The molecule has 0 saturated carbocycles. The molecule has 0 aromatic rings. The van der Waals surface area contributed by atoms with Gasteiger partial charge in [0.25, 0.3) is 0 Å². The van der Waals surface area contributed by atoms with Crippen molar-refractivity contribution in [2.75, 3.05) is 6.61 Å². The minimum atomic E-state index is -0.476. The van der Waals surface area contributed by atoms with E-state index in [-0.39, 0.29) is 11.4 Å². The zero-order valence-electron chi connectivity index (χ0n) is 23.6. The molecule has 34 heavy (non-hydrogen) atoms. The number of rotatable bonds is 23. The molecule has 1 unspecified atom stereocenters. The Morgan fingerprint density at radius 2 is 1.38 bits per heavy atom. The largest absolute Gasteiger partial charge is 0.464 e. The highest BCUT2D eigenvalue weighted by Crippen LogP contribution is 2.22. The van der Waals surface area contributed by atoms with Gasteiger partial charge in [-0.05, 0) is 43.9 Å². The Labute approximate surface area is 212 Å². The molecular weight excluding hydrogens is 422 g/mol. The van der Waals surface area contributed by atoms with E-state index in [9.17, 15) is 9.59 Å². The molecule has 0 radical (unpaired) electrons. The normalized spacial score (nSPS) is 13.8.